The second-order valence-electron chi connectivity index (χ2n) is 12.1. The Balaban J connectivity index is 2.33. The van der Waals surface area contributed by atoms with Gasteiger partial charge in [-0.15, -0.1) is 0 Å². The van der Waals surface area contributed by atoms with Gasteiger partial charge in [-0.2, -0.15) is 0 Å². The Morgan fingerprint density at radius 1 is 0.654 bits per heavy atom. The maximum Gasteiger partial charge on any atom is 0.326 e. The molecule has 0 aromatic heterocycles. The van der Waals surface area contributed by atoms with Crippen LogP contribution in [0.15, 0.2) is 59.6 Å². The van der Waals surface area contributed by atoms with Gasteiger partial charge < -0.3 is 59.5 Å². The fourth-order valence-corrected chi connectivity index (χ4v) is 5.04. The molecule has 2 aromatic carbocycles. The summed E-state index contributed by atoms with van der Waals surface area (Å²) in [5.41, 5.74) is 24.0. The highest BCUT2D eigenvalue weighted by molar-refractivity contribution is 5.96. The van der Waals surface area contributed by atoms with Crippen molar-refractivity contribution in [1.29, 1.82) is 0 Å². The third-order valence-corrected chi connectivity index (χ3v) is 7.80. The van der Waals surface area contributed by atoms with Crippen LogP contribution in [-0.4, -0.2) is 100 Å². The fraction of sp³-hybridized carbons (Fsp3) is 0.441. The Morgan fingerprint density at radius 2 is 1.17 bits per heavy atom. The molecule has 2 rings (SSSR count). The van der Waals surface area contributed by atoms with E-state index in [9.17, 15) is 39.0 Å². The van der Waals surface area contributed by atoms with Crippen molar-refractivity contribution in [3.8, 4) is 5.75 Å². The summed E-state index contributed by atoms with van der Waals surface area (Å²) in [6, 6.07) is 8.28. The molecule has 0 aliphatic rings. The second-order valence-corrected chi connectivity index (χ2v) is 12.1. The van der Waals surface area contributed by atoms with Gasteiger partial charge in [0.05, 0.1) is 12.5 Å². The molecule has 4 amide bonds. The Morgan fingerprint density at radius 3 is 1.71 bits per heavy atom. The average Bonchev–Trinajstić information content (AvgIpc) is 3.09. The van der Waals surface area contributed by atoms with Gasteiger partial charge in [0.25, 0.3) is 0 Å². The summed E-state index contributed by atoms with van der Waals surface area (Å²) in [6.07, 6.45) is 0.243. The standard InChI is InChI=1S/C34H49N9O9/c35-15-5-4-9-24(31(49)43-27(33(51)52)19-28(45)46)40-30(48)25(10-6-16-39-34(37)38)41-32(50)26(18-20-7-2-1-3-8-20)42-29(47)23(36)17-21-11-13-22(44)14-12-21/h1-3,7-8,11-14,23-27,44H,4-6,9-10,15-19,35-36H2,(H,40,48)(H,41,50)(H,42,47)(H,43,49)(H,45,46)(H,51,52)(H4,37,38,39)/t23-,24-,25-,26-,27-/m0/s1. The number of aliphatic imine (C=N–C) groups is 1. The van der Waals surface area contributed by atoms with Crippen LogP contribution in [0.25, 0.3) is 0 Å². The first-order valence-corrected chi connectivity index (χ1v) is 16.7. The average molecular weight is 728 g/mol. The molecular weight excluding hydrogens is 678 g/mol. The largest absolute Gasteiger partial charge is 0.508 e. The molecule has 284 valence electrons. The Labute approximate surface area is 300 Å². The van der Waals surface area contributed by atoms with Crippen LogP contribution in [0, 0.1) is 0 Å². The van der Waals surface area contributed by atoms with Gasteiger partial charge in [-0.05, 0) is 68.3 Å². The number of nitrogens with zero attached hydrogens (tertiary/aromatic N) is 1. The number of carbonyl (C=O) groups is 6. The molecule has 0 aliphatic heterocycles. The van der Waals surface area contributed by atoms with Gasteiger partial charge in [0.1, 0.15) is 29.9 Å². The highest BCUT2D eigenvalue weighted by atomic mass is 16.4. The predicted octanol–water partition coefficient (Wildman–Crippen LogP) is -1.81. The summed E-state index contributed by atoms with van der Waals surface area (Å²) < 4.78 is 0. The lowest BCUT2D eigenvalue weighted by Gasteiger charge is -2.26. The third-order valence-electron chi connectivity index (χ3n) is 7.80. The van der Waals surface area contributed by atoms with Crippen molar-refractivity contribution in [1.82, 2.24) is 21.3 Å². The molecule has 0 radical (unpaired) electrons. The number of aromatic hydroxyl groups is 1. The van der Waals surface area contributed by atoms with Crippen LogP contribution < -0.4 is 44.2 Å². The number of carboxylic acid groups (broad SMARTS) is 2. The van der Waals surface area contributed by atoms with E-state index in [1.54, 1.807) is 42.5 Å². The molecule has 0 unspecified atom stereocenters. The first-order valence-electron chi connectivity index (χ1n) is 16.7. The van der Waals surface area contributed by atoms with Gasteiger partial charge >= 0.3 is 11.9 Å². The van der Waals surface area contributed by atoms with Crippen LogP contribution in [0.3, 0.4) is 0 Å². The van der Waals surface area contributed by atoms with E-state index in [4.69, 9.17) is 28.0 Å². The maximum absolute atomic E-state index is 13.9. The lowest BCUT2D eigenvalue weighted by molar-refractivity contribution is -0.147. The number of phenols is 1. The van der Waals surface area contributed by atoms with Gasteiger partial charge in [-0.1, -0.05) is 42.5 Å². The van der Waals surface area contributed by atoms with Crippen molar-refractivity contribution in [2.75, 3.05) is 13.1 Å². The van der Waals surface area contributed by atoms with Gasteiger partial charge in [-0.25, -0.2) is 4.79 Å². The summed E-state index contributed by atoms with van der Waals surface area (Å²) in [7, 11) is 0. The van der Waals surface area contributed by atoms with Crippen LogP contribution >= 0.6 is 0 Å². The monoisotopic (exact) mass is 727 g/mol. The van der Waals surface area contributed by atoms with Crippen LogP contribution in [0.5, 0.6) is 5.75 Å². The minimum absolute atomic E-state index is 0.0192. The number of phenolic OH excluding ortho intramolecular Hbond substituents is 1. The van der Waals surface area contributed by atoms with E-state index in [-0.39, 0.29) is 56.9 Å². The Kier molecular flexibility index (Phi) is 18.1. The minimum atomic E-state index is -1.77. The lowest BCUT2D eigenvalue weighted by atomic mass is 10.0. The highest BCUT2D eigenvalue weighted by Crippen LogP contribution is 2.12. The zero-order chi connectivity index (χ0) is 38.6. The van der Waals surface area contributed by atoms with Crippen LogP contribution in [-0.2, 0) is 41.6 Å². The van der Waals surface area contributed by atoms with E-state index in [0.29, 0.717) is 24.0 Å². The summed E-state index contributed by atoms with van der Waals surface area (Å²) in [5, 5.41) is 38.1. The third kappa shape index (κ3) is 15.9. The predicted molar refractivity (Wildman–Crippen MR) is 190 cm³/mol. The molecule has 2 aromatic rings. The van der Waals surface area contributed by atoms with Crippen LogP contribution in [0.4, 0.5) is 0 Å². The van der Waals surface area contributed by atoms with Crippen LogP contribution in [0.2, 0.25) is 0 Å². The van der Waals surface area contributed by atoms with Crippen molar-refractivity contribution >= 4 is 41.5 Å². The minimum Gasteiger partial charge on any atom is -0.508 e. The summed E-state index contributed by atoms with van der Waals surface area (Å²) >= 11 is 0. The normalized spacial score (nSPS) is 13.7. The molecule has 15 N–H and O–H groups in total. The zero-order valence-corrected chi connectivity index (χ0v) is 28.7. The zero-order valence-electron chi connectivity index (χ0n) is 28.7. The highest BCUT2D eigenvalue weighted by Gasteiger charge is 2.32. The number of aliphatic carboxylic acids is 2. The number of hydrogen-bond donors (Lipinski definition) is 11. The van der Waals surface area contributed by atoms with Crippen molar-refractivity contribution in [3.63, 3.8) is 0 Å². The summed E-state index contributed by atoms with van der Waals surface area (Å²) in [6.45, 7) is 0.365. The fourth-order valence-electron chi connectivity index (χ4n) is 5.04. The number of nitrogens with one attached hydrogen (secondary N) is 4. The molecule has 0 saturated heterocycles. The van der Waals surface area contributed by atoms with Crippen molar-refractivity contribution < 1.29 is 44.1 Å². The number of amides is 4. The number of benzene rings is 2. The Hall–Kier alpha value is -5.75. The number of carboxylic acids is 2. The van der Waals surface area contributed by atoms with Crippen molar-refractivity contribution in [3.05, 3.63) is 65.7 Å². The van der Waals surface area contributed by atoms with E-state index in [1.807, 2.05) is 0 Å². The summed E-state index contributed by atoms with van der Waals surface area (Å²) in [5.74, 6) is -6.34. The van der Waals surface area contributed by atoms with Gasteiger partial charge in [-0.3, -0.25) is 29.0 Å². The second kappa shape index (κ2) is 22.1. The number of carbonyl (C=O) groups excluding carboxylic acids is 4. The van der Waals surface area contributed by atoms with Crippen molar-refractivity contribution in [2.45, 2.75) is 81.6 Å². The molecule has 5 atom stereocenters. The quantitative estimate of drug-likeness (QED) is 0.0342. The number of nitrogens with two attached hydrogens (primary N) is 4. The number of hydrogen-bond acceptors (Lipinski definition) is 10. The van der Waals surface area contributed by atoms with E-state index in [0.717, 1.165) is 0 Å². The lowest BCUT2D eigenvalue weighted by Crippen LogP contribution is -2.59. The van der Waals surface area contributed by atoms with E-state index < -0.39 is 72.2 Å². The van der Waals surface area contributed by atoms with Gasteiger partial charge in [0.2, 0.25) is 23.6 Å². The van der Waals surface area contributed by atoms with Crippen LogP contribution in [0.1, 0.15) is 49.7 Å². The molecule has 0 bridgehead atoms. The number of rotatable bonds is 23. The van der Waals surface area contributed by atoms with Gasteiger partial charge in [0.15, 0.2) is 5.96 Å². The molecule has 0 heterocycles. The van der Waals surface area contributed by atoms with Crippen molar-refractivity contribution in [2.24, 2.45) is 27.9 Å². The molecular formula is C34H49N9O9. The molecule has 18 nitrogen and oxygen atoms in total. The van der Waals surface area contributed by atoms with Gasteiger partial charge in [0, 0.05) is 13.0 Å². The number of unbranched alkanes of at least 4 members (excludes halogenated alkanes) is 1. The van der Waals surface area contributed by atoms with E-state index >= 15 is 0 Å². The molecule has 0 spiro atoms. The first kappa shape index (κ1) is 42.4. The smallest absolute Gasteiger partial charge is 0.326 e. The topological polar surface area (TPSA) is 328 Å². The Bertz CT molecular complexity index is 1520. The molecule has 0 fully saturated rings. The maximum atomic E-state index is 13.9. The molecule has 18 heteroatoms. The number of guanidine groups is 1. The molecule has 0 saturated carbocycles. The first-order chi connectivity index (χ1) is 24.7. The van der Waals surface area contributed by atoms with E-state index in [1.165, 1.54) is 12.1 Å². The van der Waals surface area contributed by atoms with E-state index in [2.05, 4.69) is 26.3 Å². The molecule has 52 heavy (non-hydrogen) atoms. The summed E-state index contributed by atoms with van der Waals surface area (Å²) in [4.78, 5) is 80.7. The molecule has 0 aliphatic carbocycles. The SMILES string of the molecule is NCCCC[C@H](NC(=O)[C@H](CCCN=C(N)N)NC(=O)[C@H](Cc1ccccc1)NC(=O)[C@@H](N)Cc1ccc(O)cc1)C(=O)N[C@@H](CC(=O)O)C(=O)O.